The Hall–Kier alpha value is -2.09. The number of aryl methyl sites for hydroxylation is 1. The van der Waals surface area contributed by atoms with Crippen molar-refractivity contribution in [3.63, 3.8) is 0 Å². The first-order chi connectivity index (χ1) is 12.1. The molecule has 0 bridgehead atoms. The summed E-state index contributed by atoms with van der Waals surface area (Å²) in [5.41, 5.74) is 1.45. The van der Waals surface area contributed by atoms with Crippen LogP contribution in [0.1, 0.15) is 10.6 Å². The van der Waals surface area contributed by atoms with Crippen LogP contribution in [0.3, 0.4) is 0 Å². The third kappa shape index (κ3) is 4.31. The van der Waals surface area contributed by atoms with E-state index in [0.29, 0.717) is 23.0 Å². The minimum atomic E-state index is -0.328. The lowest BCUT2D eigenvalue weighted by molar-refractivity contribution is 0.251. The molecule has 0 unspecified atom stereocenters. The molecule has 8 heteroatoms. The number of anilines is 1. The van der Waals surface area contributed by atoms with E-state index in [1.807, 2.05) is 24.4 Å². The van der Waals surface area contributed by atoms with Crippen LogP contribution < -0.4 is 15.4 Å². The number of methoxy groups -OCH3 is 1. The number of thiazole rings is 1. The van der Waals surface area contributed by atoms with Crippen LogP contribution in [-0.4, -0.2) is 18.1 Å². The lowest BCUT2D eigenvalue weighted by Crippen LogP contribution is -2.28. The molecule has 5 nitrogen and oxygen atoms in total. The Morgan fingerprint density at radius 3 is 2.92 bits per heavy atom. The zero-order valence-electron chi connectivity index (χ0n) is 13.6. The first kappa shape index (κ1) is 17.7. The van der Waals surface area contributed by atoms with Crippen molar-refractivity contribution < 1.29 is 9.53 Å². The number of thiophene rings is 1. The summed E-state index contributed by atoms with van der Waals surface area (Å²) in [6.45, 7) is 2.35. The van der Waals surface area contributed by atoms with E-state index in [1.54, 1.807) is 48.0 Å². The average Bonchev–Trinajstić information content (AvgIpc) is 3.23. The molecule has 0 saturated carbocycles. The number of benzene rings is 1. The maximum atomic E-state index is 12.2. The average molecular weight is 394 g/mol. The Morgan fingerprint density at radius 2 is 2.20 bits per heavy atom. The third-order valence-corrected chi connectivity index (χ3v) is 5.88. The first-order valence-electron chi connectivity index (χ1n) is 7.45. The number of hydrogen-bond acceptors (Lipinski definition) is 5. The molecule has 3 rings (SSSR count). The topological polar surface area (TPSA) is 63.2 Å². The Labute approximate surface area is 158 Å². The van der Waals surface area contributed by atoms with Gasteiger partial charge in [-0.15, -0.1) is 22.7 Å². The number of halogens is 1. The van der Waals surface area contributed by atoms with Crippen molar-refractivity contribution >= 4 is 46.0 Å². The number of nitrogens with zero attached hydrogens (tertiary/aromatic N) is 1. The summed E-state index contributed by atoms with van der Waals surface area (Å²) in [5, 5.41) is 9.12. The molecule has 0 aliphatic heterocycles. The summed E-state index contributed by atoms with van der Waals surface area (Å²) in [4.78, 5) is 18.9. The molecule has 0 spiro atoms. The van der Waals surface area contributed by atoms with Crippen LogP contribution in [0.2, 0.25) is 5.02 Å². The molecular weight excluding hydrogens is 378 g/mol. The highest BCUT2D eigenvalue weighted by atomic mass is 35.5. The fourth-order valence-corrected chi connectivity index (χ4v) is 4.17. The van der Waals surface area contributed by atoms with Crippen LogP contribution in [0.15, 0.2) is 35.7 Å². The van der Waals surface area contributed by atoms with Gasteiger partial charge in [0.1, 0.15) is 10.8 Å². The first-order valence-corrected chi connectivity index (χ1v) is 9.53. The van der Waals surface area contributed by atoms with Gasteiger partial charge in [-0.25, -0.2) is 9.78 Å². The predicted molar refractivity (Wildman–Crippen MR) is 104 cm³/mol. The summed E-state index contributed by atoms with van der Waals surface area (Å²) in [6, 6.07) is 8.77. The van der Waals surface area contributed by atoms with E-state index < -0.39 is 0 Å². The molecule has 0 aliphatic rings. The molecule has 0 radical (unpaired) electrons. The molecule has 0 fully saturated rings. The number of nitrogens with one attached hydrogen (secondary N) is 2. The van der Waals surface area contributed by atoms with E-state index in [1.165, 1.54) is 0 Å². The second kappa shape index (κ2) is 7.86. The van der Waals surface area contributed by atoms with E-state index in [0.717, 1.165) is 20.5 Å². The Bertz CT molecular complexity index is 878. The van der Waals surface area contributed by atoms with Gasteiger partial charge in [-0.05, 0) is 36.6 Å². The van der Waals surface area contributed by atoms with Crippen LogP contribution in [0.4, 0.5) is 10.5 Å². The quantitative estimate of drug-likeness (QED) is 0.629. The molecule has 0 atom stereocenters. The van der Waals surface area contributed by atoms with E-state index in [2.05, 4.69) is 15.6 Å². The smallest absolute Gasteiger partial charge is 0.319 e. The van der Waals surface area contributed by atoms with Crippen molar-refractivity contribution in [3.05, 3.63) is 51.3 Å². The van der Waals surface area contributed by atoms with Gasteiger partial charge >= 0.3 is 6.03 Å². The predicted octanol–water partition coefficient (Wildman–Crippen LogP) is 5.16. The van der Waals surface area contributed by atoms with Gasteiger partial charge in [0.25, 0.3) is 0 Å². The van der Waals surface area contributed by atoms with Gasteiger partial charge in [-0.1, -0.05) is 17.7 Å². The Balaban J connectivity index is 1.64. The van der Waals surface area contributed by atoms with E-state index in [4.69, 9.17) is 16.3 Å². The van der Waals surface area contributed by atoms with Gasteiger partial charge in [0.05, 0.1) is 29.9 Å². The van der Waals surface area contributed by atoms with Crippen molar-refractivity contribution in [2.75, 3.05) is 12.4 Å². The van der Waals surface area contributed by atoms with Crippen molar-refractivity contribution in [1.82, 2.24) is 10.3 Å². The molecule has 25 heavy (non-hydrogen) atoms. The third-order valence-electron chi connectivity index (χ3n) is 3.44. The van der Waals surface area contributed by atoms with Crippen molar-refractivity contribution in [2.24, 2.45) is 0 Å². The molecule has 0 saturated heterocycles. The van der Waals surface area contributed by atoms with E-state index in [-0.39, 0.29) is 6.03 Å². The van der Waals surface area contributed by atoms with Crippen molar-refractivity contribution in [2.45, 2.75) is 13.5 Å². The van der Waals surface area contributed by atoms with Crippen LogP contribution in [-0.2, 0) is 6.54 Å². The summed E-state index contributed by atoms with van der Waals surface area (Å²) in [6.07, 6.45) is 0. The SMILES string of the molecule is COc1ccc(Cl)cc1NC(=O)NCc1sc(-c2cccs2)nc1C. The number of carbonyl (C=O) groups excluding carboxylic acids is 1. The number of amides is 2. The highest BCUT2D eigenvalue weighted by Gasteiger charge is 2.12. The highest BCUT2D eigenvalue weighted by Crippen LogP contribution is 2.31. The molecule has 0 aliphatic carbocycles. The number of carbonyl (C=O) groups is 1. The molecular formula is C17H16ClN3O2S2. The standard InChI is InChI=1S/C17H16ClN3O2S2/c1-10-15(25-16(20-10)14-4-3-7-24-14)9-19-17(22)21-12-8-11(18)5-6-13(12)23-2/h3-8H,9H2,1-2H3,(H2,19,21,22). The van der Waals surface area contributed by atoms with Crippen LogP contribution in [0.25, 0.3) is 9.88 Å². The Morgan fingerprint density at radius 1 is 1.36 bits per heavy atom. The maximum absolute atomic E-state index is 12.2. The molecule has 2 aromatic heterocycles. The molecule has 1 aromatic carbocycles. The van der Waals surface area contributed by atoms with Gasteiger partial charge in [0, 0.05) is 9.90 Å². The fourth-order valence-electron chi connectivity index (χ4n) is 2.20. The summed E-state index contributed by atoms with van der Waals surface area (Å²) >= 11 is 9.21. The van der Waals surface area contributed by atoms with Crippen LogP contribution >= 0.6 is 34.3 Å². The lowest BCUT2D eigenvalue weighted by atomic mass is 10.3. The van der Waals surface area contributed by atoms with Gasteiger partial charge in [0.2, 0.25) is 0 Å². The number of aromatic nitrogens is 1. The summed E-state index contributed by atoms with van der Waals surface area (Å²) < 4.78 is 5.22. The van der Waals surface area contributed by atoms with Crippen molar-refractivity contribution in [1.29, 1.82) is 0 Å². The molecule has 2 heterocycles. The largest absolute Gasteiger partial charge is 0.495 e. The molecule has 3 aromatic rings. The normalized spacial score (nSPS) is 10.5. The highest BCUT2D eigenvalue weighted by molar-refractivity contribution is 7.21. The van der Waals surface area contributed by atoms with E-state index >= 15 is 0 Å². The van der Waals surface area contributed by atoms with E-state index in [9.17, 15) is 4.79 Å². The monoisotopic (exact) mass is 393 g/mol. The molecule has 130 valence electrons. The van der Waals surface area contributed by atoms with Crippen molar-refractivity contribution in [3.8, 4) is 15.6 Å². The number of urea groups is 1. The Kier molecular flexibility index (Phi) is 5.57. The van der Waals surface area contributed by atoms with Crippen LogP contribution in [0, 0.1) is 6.92 Å². The maximum Gasteiger partial charge on any atom is 0.319 e. The second-order valence-electron chi connectivity index (χ2n) is 5.16. The summed E-state index contributed by atoms with van der Waals surface area (Å²) in [7, 11) is 1.54. The molecule has 2 amide bonds. The van der Waals surface area contributed by atoms with Gasteiger partial charge in [-0.3, -0.25) is 0 Å². The minimum Gasteiger partial charge on any atom is -0.495 e. The number of hydrogen-bond donors (Lipinski definition) is 2. The van der Waals surface area contributed by atoms with Crippen LogP contribution in [0.5, 0.6) is 5.75 Å². The second-order valence-corrected chi connectivity index (χ2v) is 7.62. The summed E-state index contributed by atoms with van der Waals surface area (Å²) in [5.74, 6) is 0.550. The number of ether oxygens (including phenoxy) is 1. The number of rotatable bonds is 5. The lowest BCUT2D eigenvalue weighted by Gasteiger charge is -2.11. The molecule has 2 N–H and O–H groups in total. The minimum absolute atomic E-state index is 0.328. The van der Waals surface area contributed by atoms with Gasteiger partial charge < -0.3 is 15.4 Å². The fraction of sp³-hybridized carbons (Fsp3) is 0.176. The zero-order valence-corrected chi connectivity index (χ0v) is 16.0. The zero-order chi connectivity index (χ0) is 17.8. The van der Waals surface area contributed by atoms with Gasteiger partial charge in [0.15, 0.2) is 0 Å². The van der Waals surface area contributed by atoms with Gasteiger partial charge in [-0.2, -0.15) is 0 Å².